The average molecular weight is 1320 g/mol. The van der Waals surface area contributed by atoms with Gasteiger partial charge in [-0.2, -0.15) is 0 Å². The van der Waals surface area contributed by atoms with Crippen molar-refractivity contribution in [1.82, 2.24) is 5.32 Å². The maximum atomic E-state index is 13.4. The van der Waals surface area contributed by atoms with E-state index >= 15 is 0 Å². The molecular formula is C74H127NO18. The molecule has 3 rings (SSSR count). The van der Waals surface area contributed by atoms with E-state index < -0.39 is 124 Å². The molecule has 93 heavy (non-hydrogen) atoms. The van der Waals surface area contributed by atoms with Gasteiger partial charge in [-0.3, -0.25) is 4.79 Å². The first-order valence-electron chi connectivity index (χ1n) is 36.0. The highest BCUT2D eigenvalue weighted by Gasteiger charge is 2.53. The number of aliphatic hydroxyl groups excluding tert-OH is 11. The summed E-state index contributed by atoms with van der Waals surface area (Å²) in [4.78, 5) is 13.4. The van der Waals surface area contributed by atoms with Crippen LogP contribution >= 0.6 is 0 Å². The van der Waals surface area contributed by atoms with Gasteiger partial charge in [0, 0.05) is 6.42 Å². The Morgan fingerprint density at radius 1 is 0.398 bits per heavy atom. The molecule has 0 aromatic rings. The molecule has 12 N–H and O–H groups in total. The van der Waals surface area contributed by atoms with Crippen molar-refractivity contribution in [3.05, 3.63) is 97.2 Å². The Kier molecular flexibility index (Phi) is 49.4. The molecule has 17 atom stereocenters. The summed E-state index contributed by atoms with van der Waals surface area (Å²) in [5.41, 5.74) is 0. The van der Waals surface area contributed by atoms with Crippen LogP contribution in [0.3, 0.4) is 0 Å². The Balaban J connectivity index is 1.34. The summed E-state index contributed by atoms with van der Waals surface area (Å²) in [6.45, 7) is 1.54. The molecule has 19 heteroatoms. The van der Waals surface area contributed by atoms with E-state index in [0.717, 1.165) is 77.0 Å². The van der Waals surface area contributed by atoms with Crippen molar-refractivity contribution in [2.75, 3.05) is 26.4 Å². The third-order valence-electron chi connectivity index (χ3n) is 17.3. The van der Waals surface area contributed by atoms with Gasteiger partial charge < -0.3 is 89.9 Å². The molecule has 0 aliphatic carbocycles. The number of unbranched alkanes of at least 4 members (excludes halogenated alkanes) is 24. The second kappa shape index (κ2) is 54.7. The molecule has 0 aromatic carbocycles. The zero-order valence-electron chi connectivity index (χ0n) is 56.7. The van der Waals surface area contributed by atoms with E-state index in [9.17, 15) is 61.0 Å². The van der Waals surface area contributed by atoms with Crippen LogP contribution in [0, 0.1) is 0 Å². The number of carbonyl (C=O) groups excluding carboxylic acids is 1. The van der Waals surface area contributed by atoms with Crippen molar-refractivity contribution in [3.63, 3.8) is 0 Å². The van der Waals surface area contributed by atoms with Gasteiger partial charge in [-0.15, -0.1) is 0 Å². The Morgan fingerprint density at radius 3 is 1.20 bits per heavy atom. The fraction of sp³-hybridized carbons (Fsp3) is 0.770. The first-order chi connectivity index (χ1) is 45.3. The summed E-state index contributed by atoms with van der Waals surface area (Å²) in [6, 6.07) is -0.999. The van der Waals surface area contributed by atoms with Gasteiger partial charge in [0.05, 0.1) is 38.6 Å². The predicted octanol–water partition coefficient (Wildman–Crippen LogP) is 10.0. The van der Waals surface area contributed by atoms with Crippen molar-refractivity contribution < 1.29 is 89.4 Å². The standard InChI is InChI=1S/C74H127NO18/c1-3-5-7-9-11-13-15-17-18-19-20-21-22-23-24-25-26-27-28-29-30-31-32-33-34-35-36-37-38-40-42-44-46-48-50-52-62(80)75-57(58(79)51-49-47-45-43-41-39-16-14-12-10-8-6-4-2)56-88-72-68(86)65(83)70(60(54-77)90-72)93-74-69(87)66(84)71(61(55-78)91-74)92-73-67(85)64(82)63(81)59(53-76)89-73/h5,7,11-14,17-18,20-21,23-24,41,43,49,51,57-61,63-74,76-79,81-87H,3-4,6,8-10,15-16,19,22,25-40,42,44-48,50,52-56H2,1-2H3,(H,75,80)/b7-5-,13-11-,14-12+,18-17-,21-20-,24-23-,43-41+,51-49+. The third-order valence-corrected chi connectivity index (χ3v) is 17.3. The number of allylic oxidation sites excluding steroid dienone is 15. The lowest BCUT2D eigenvalue weighted by molar-refractivity contribution is -0.379. The van der Waals surface area contributed by atoms with E-state index in [0.29, 0.717) is 12.8 Å². The van der Waals surface area contributed by atoms with Crippen LogP contribution < -0.4 is 5.32 Å². The number of aliphatic hydroxyl groups is 11. The molecule has 536 valence electrons. The number of nitrogens with one attached hydrogen (secondary N) is 1. The SMILES string of the molecule is CC/C=C\C/C=C\C/C=C\C/C=C\C/C=C\CCCCCCCCCCCCCCCCCCCCCC(=O)NC(COC1OC(CO)C(OC2OC(CO)C(OC3OC(CO)C(O)C(O)C3O)C(O)C2O)C(O)C1O)C(O)/C=C/CC/C=C/CC/C=C/CCCCC. The van der Waals surface area contributed by atoms with Gasteiger partial charge in [-0.25, -0.2) is 0 Å². The van der Waals surface area contributed by atoms with Gasteiger partial charge in [0.15, 0.2) is 18.9 Å². The van der Waals surface area contributed by atoms with Gasteiger partial charge in [-0.05, 0) is 89.9 Å². The maximum absolute atomic E-state index is 13.4. The molecule has 0 spiro atoms. The number of amides is 1. The minimum Gasteiger partial charge on any atom is -0.394 e. The summed E-state index contributed by atoms with van der Waals surface area (Å²) in [5.74, 6) is -0.292. The summed E-state index contributed by atoms with van der Waals surface area (Å²) in [5, 5.41) is 120. The first kappa shape index (κ1) is 83.9. The Hall–Kier alpha value is -3.29. The highest BCUT2D eigenvalue weighted by Crippen LogP contribution is 2.33. The van der Waals surface area contributed by atoms with Gasteiger partial charge in [-0.1, -0.05) is 233 Å². The van der Waals surface area contributed by atoms with E-state index in [1.165, 1.54) is 122 Å². The number of ether oxygens (including phenoxy) is 6. The zero-order valence-corrected chi connectivity index (χ0v) is 56.7. The van der Waals surface area contributed by atoms with E-state index in [1.54, 1.807) is 6.08 Å². The number of rotatable bonds is 54. The van der Waals surface area contributed by atoms with Crippen LogP contribution in [0.25, 0.3) is 0 Å². The quantitative estimate of drug-likeness (QED) is 0.0199. The molecule has 0 bridgehead atoms. The molecule has 0 aromatic heterocycles. The van der Waals surface area contributed by atoms with Crippen LogP contribution in [0.5, 0.6) is 0 Å². The highest BCUT2D eigenvalue weighted by molar-refractivity contribution is 5.76. The summed E-state index contributed by atoms with van der Waals surface area (Å²) < 4.78 is 34.3. The van der Waals surface area contributed by atoms with E-state index in [2.05, 4.69) is 104 Å². The van der Waals surface area contributed by atoms with Gasteiger partial charge in [0.2, 0.25) is 5.91 Å². The molecule has 0 saturated carbocycles. The zero-order chi connectivity index (χ0) is 67.5. The number of hydrogen-bond donors (Lipinski definition) is 12. The Morgan fingerprint density at radius 2 is 0.753 bits per heavy atom. The van der Waals surface area contributed by atoms with E-state index in [4.69, 9.17) is 28.4 Å². The normalized spacial score (nSPS) is 28.1. The molecule has 3 saturated heterocycles. The highest BCUT2D eigenvalue weighted by atomic mass is 16.8. The van der Waals surface area contributed by atoms with Crippen molar-refractivity contribution in [3.8, 4) is 0 Å². The average Bonchev–Trinajstić information content (AvgIpc) is 0.842. The van der Waals surface area contributed by atoms with Crippen molar-refractivity contribution in [2.45, 2.75) is 336 Å². The fourth-order valence-corrected chi connectivity index (χ4v) is 11.5. The molecule has 3 heterocycles. The van der Waals surface area contributed by atoms with Crippen LogP contribution in [0.1, 0.15) is 232 Å². The van der Waals surface area contributed by atoms with E-state index in [1.807, 2.05) is 6.08 Å². The monoisotopic (exact) mass is 1320 g/mol. The minimum atomic E-state index is -1.98. The van der Waals surface area contributed by atoms with Crippen molar-refractivity contribution in [1.29, 1.82) is 0 Å². The van der Waals surface area contributed by atoms with Gasteiger partial charge in [0.25, 0.3) is 0 Å². The Bertz CT molecular complexity index is 2060. The van der Waals surface area contributed by atoms with Crippen molar-refractivity contribution in [2.24, 2.45) is 0 Å². The van der Waals surface area contributed by atoms with Crippen molar-refractivity contribution >= 4 is 5.91 Å². The first-order valence-corrected chi connectivity index (χ1v) is 36.0. The largest absolute Gasteiger partial charge is 0.394 e. The lowest BCUT2D eigenvalue weighted by Gasteiger charge is -2.48. The second-order valence-corrected chi connectivity index (χ2v) is 25.3. The van der Waals surface area contributed by atoms with Gasteiger partial charge in [0.1, 0.15) is 73.2 Å². The lowest BCUT2D eigenvalue weighted by atomic mass is 9.96. The predicted molar refractivity (Wildman–Crippen MR) is 364 cm³/mol. The number of carbonyl (C=O) groups is 1. The van der Waals surface area contributed by atoms with Gasteiger partial charge >= 0.3 is 0 Å². The lowest BCUT2D eigenvalue weighted by Crippen LogP contribution is -2.66. The Labute approximate surface area is 558 Å². The topological polar surface area (TPSA) is 307 Å². The third kappa shape index (κ3) is 36.2. The fourth-order valence-electron chi connectivity index (χ4n) is 11.5. The molecule has 1 amide bonds. The molecule has 3 aliphatic rings. The minimum absolute atomic E-state index is 0.229. The van der Waals surface area contributed by atoms with Crippen LogP contribution in [0.4, 0.5) is 0 Å². The van der Waals surface area contributed by atoms with Crippen LogP contribution in [-0.4, -0.2) is 193 Å². The molecular weight excluding hydrogens is 1190 g/mol. The summed E-state index contributed by atoms with van der Waals surface area (Å²) in [6.07, 6.45) is 45.5. The van der Waals surface area contributed by atoms with Crippen LogP contribution in [0.2, 0.25) is 0 Å². The second-order valence-electron chi connectivity index (χ2n) is 25.3. The number of hydrogen-bond acceptors (Lipinski definition) is 18. The summed E-state index contributed by atoms with van der Waals surface area (Å²) in [7, 11) is 0. The van der Waals surface area contributed by atoms with E-state index in [-0.39, 0.29) is 18.9 Å². The molecule has 0 radical (unpaired) electrons. The smallest absolute Gasteiger partial charge is 0.220 e. The van der Waals surface area contributed by atoms with Crippen LogP contribution in [0.15, 0.2) is 97.2 Å². The maximum Gasteiger partial charge on any atom is 0.220 e. The summed E-state index contributed by atoms with van der Waals surface area (Å²) >= 11 is 0. The molecule has 3 aliphatic heterocycles. The molecule has 17 unspecified atom stereocenters. The molecule has 3 fully saturated rings. The van der Waals surface area contributed by atoms with Crippen LogP contribution in [-0.2, 0) is 33.2 Å². The molecule has 19 nitrogen and oxygen atoms in total.